The highest BCUT2D eigenvalue weighted by atomic mass is 19.1. The highest BCUT2D eigenvalue weighted by molar-refractivity contribution is 5.93. The van der Waals surface area contributed by atoms with E-state index < -0.39 is 18.7 Å². The van der Waals surface area contributed by atoms with E-state index in [0.29, 0.717) is 26.2 Å². The minimum atomic E-state index is -1.19. The third kappa shape index (κ3) is 3.67. The lowest BCUT2D eigenvalue weighted by molar-refractivity contribution is -0.224. The van der Waals surface area contributed by atoms with E-state index in [2.05, 4.69) is 26.0 Å². The maximum absolute atomic E-state index is 13.7. The summed E-state index contributed by atoms with van der Waals surface area (Å²) in [5.74, 6) is 0. The molecule has 2 aliphatic rings. The van der Waals surface area contributed by atoms with Gasteiger partial charge in [-0.25, -0.2) is 9.37 Å². The number of nitrogens with zero attached hydrogens (tertiary/aromatic N) is 5. The average Bonchev–Trinajstić information content (AvgIpc) is 3.48. The number of aliphatic hydroxyl groups is 1. The van der Waals surface area contributed by atoms with Crippen LogP contribution in [0.1, 0.15) is 0 Å². The van der Waals surface area contributed by atoms with Gasteiger partial charge in [0.2, 0.25) is 6.41 Å². The van der Waals surface area contributed by atoms with Gasteiger partial charge in [0.25, 0.3) is 0 Å². The summed E-state index contributed by atoms with van der Waals surface area (Å²) in [5, 5.41) is 15.6. The van der Waals surface area contributed by atoms with Gasteiger partial charge in [0.1, 0.15) is 11.8 Å². The number of ether oxygens (including phenoxy) is 2. The van der Waals surface area contributed by atoms with E-state index in [0.717, 1.165) is 28.0 Å². The molecule has 2 fully saturated rings. The van der Waals surface area contributed by atoms with Gasteiger partial charge in [-0.05, 0) is 12.1 Å². The number of aryl methyl sites for hydroxylation is 1. The van der Waals surface area contributed by atoms with Gasteiger partial charge < -0.3 is 24.5 Å². The Morgan fingerprint density at radius 1 is 1.30 bits per heavy atom. The topological polar surface area (TPSA) is 91.7 Å². The summed E-state index contributed by atoms with van der Waals surface area (Å²) in [6, 6.07) is 4.11. The van der Waals surface area contributed by atoms with Gasteiger partial charge in [-0.15, -0.1) is 0 Å². The van der Waals surface area contributed by atoms with E-state index in [4.69, 9.17) is 9.47 Å². The number of pyridine rings is 1. The van der Waals surface area contributed by atoms with Crippen LogP contribution in [0.4, 0.5) is 10.1 Å². The summed E-state index contributed by atoms with van der Waals surface area (Å²) in [5.41, 5.74) is 3.90. The molecule has 2 aliphatic heterocycles. The number of hydrogen-bond donors (Lipinski definition) is 2. The van der Waals surface area contributed by atoms with E-state index in [1.165, 1.54) is 0 Å². The second-order valence-corrected chi connectivity index (χ2v) is 7.76. The van der Waals surface area contributed by atoms with Gasteiger partial charge in [-0.1, -0.05) is 0 Å². The van der Waals surface area contributed by atoms with Crippen LogP contribution in [0.2, 0.25) is 0 Å². The lowest BCUT2D eigenvalue weighted by Gasteiger charge is -2.38. The fraction of sp³-hybridized carbons (Fsp3) is 0.500. The normalized spacial score (nSPS) is 24.0. The summed E-state index contributed by atoms with van der Waals surface area (Å²) in [7, 11) is 1.89. The molecule has 160 valence electrons. The molecule has 3 aromatic heterocycles. The first kappa shape index (κ1) is 19.4. The first-order valence-corrected chi connectivity index (χ1v) is 10.1. The summed E-state index contributed by atoms with van der Waals surface area (Å²) >= 11 is 0. The number of rotatable bonds is 5. The lowest BCUT2D eigenvalue weighted by Crippen LogP contribution is -2.52. The number of halogens is 1. The molecule has 0 radical (unpaired) electrons. The van der Waals surface area contributed by atoms with Crippen LogP contribution >= 0.6 is 0 Å². The number of anilines is 1. The Labute approximate surface area is 173 Å². The molecule has 0 amide bonds. The second-order valence-electron chi connectivity index (χ2n) is 7.76. The van der Waals surface area contributed by atoms with Crippen molar-refractivity contribution in [2.75, 3.05) is 44.3 Å². The molecule has 0 saturated carbocycles. The Kier molecular flexibility index (Phi) is 5.15. The van der Waals surface area contributed by atoms with Gasteiger partial charge in [0.05, 0.1) is 25.1 Å². The molecule has 5 heterocycles. The zero-order valence-corrected chi connectivity index (χ0v) is 16.7. The molecule has 0 aliphatic carbocycles. The van der Waals surface area contributed by atoms with Crippen LogP contribution in [0.25, 0.3) is 22.3 Å². The number of aliphatic hydroxyl groups excluding tert-OH is 1. The summed E-state index contributed by atoms with van der Waals surface area (Å²) < 4.78 is 26.0. The highest BCUT2D eigenvalue weighted by Crippen LogP contribution is 2.31. The molecule has 3 aromatic rings. The van der Waals surface area contributed by atoms with Gasteiger partial charge in [-0.2, -0.15) is 5.10 Å². The van der Waals surface area contributed by atoms with E-state index in [1.54, 1.807) is 10.9 Å². The maximum atomic E-state index is 13.7. The third-order valence-corrected chi connectivity index (χ3v) is 5.75. The van der Waals surface area contributed by atoms with Gasteiger partial charge in [0, 0.05) is 62.3 Å². The Bertz CT molecular complexity index is 1020. The molecular weight excluding hydrogens is 391 g/mol. The molecule has 0 aromatic carbocycles. The van der Waals surface area contributed by atoms with Crippen molar-refractivity contribution in [1.82, 2.24) is 24.6 Å². The van der Waals surface area contributed by atoms with Crippen LogP contribution in [0.3, 0.4) is 0 Å². The van der Waals surface area contributed by atoms with E-state index in [1.807, 2.05) is 30.4 Å². The van der Waals surface area contributed by atoms with Crippen molar-refractivity contribution in [3.63, 3.8) is 0 Å². The molecule has 10 heteroatoms. The fourth-order valence-corrected chi connectivity index (χ4v) is 4.06. The van der Waals surface area contributed by atoms with Crippen LogP contribution in [0, 0.1) is 0 Å². The zero-order chi connectivity index (χ0) is 20.7. The van der Waals surface area contributed by atoms with Crippen LogP contribution < -0.4 is 4.90 Å². The van der Waals surface area contributed by atoms with Crippen molar-refractivity contribution in [3.8, 4) is 11.3 Å². The Balaban J connectivity index is 1.28. The average molecular weight is 416 g/mol. The van der Waals surface area contributed by atoms with E-state index in [9.17, 15) is 9.50 Å². The zero-order valence-electron chi connectivity index (χ0n) is 16.7. The number of H-pyrrole nitrogens is 1. The Hall–Kier alpha value is -2.53. The minimum absolute atomic E-state index is 0.0287. The molecule has 9 nitrogen and oxygen atoms in total. The molecule has 30 heavy (non-hydrogen) atoms. The number of hydrogen-bond acceptors (Lipinski definition) is 7. The number of fused-ring (bicyclic) bond motifs is 1. The highest BCUT2D eigenvalue weighted by Gasteiger charge is 2.33. The molecular formula is C20H25FN6O3. The van der Waals surface area contributed by atoms with Crippen LogP contribution in [0.5, 0.6) is 0 Å². The summed E-state index contributed by atoms with van der Waals surface area (Å²) in [6.45, 7) is 2.85. The summed E-state index contributed by atoms with van der Waals surface area (Å²) in [6.07, 6.45) is 2.56. The predicted molar refractivity (Wildman–Crippen MR) is 109 cm³/mol. The molecule has 0 bridgehead atoms. The fourth-order valence-electron chi connectivity index (χ4n) is 4.06. The number of alkyl halides is 1. The third-order valence-electron chi connectivity index (χ3n) is 5.75. The smallest absolute Gasteiger partial charge is 0.216 e. The number of nitrogens with one attached hydrogen (secondary N) is 1. The minimum Gasteiger partial charge on any atom is -0.376 e. The first-order chi connectivity index (χ1) is 14.6. The standard InChI is InChI=1S/C20H25FN6O3/c1-25-10-13(9-23-25)16-8-14-17(2-3-22-19(14)24-16)26-4-6-27(7-5-26)20(28)30-18-12-29-11-15(18)21/h2-3,8-10,15,18,20,28H,4-7,11-12H2,1H3,(H,22,24)/t15-,18-,20?/m0/s1. The molecule has 2 N–H and O–H groups in total. The number of aromatic nitrogens is 4. The van der Waals surface area contributed by atoms with Gasteiger partial charge >= 0.3 is 0 Å². The van der Waals surface area contributed by atoms with Crippen LogP contribution in [0.15, 0.2) is 30.7 Å². The lowest BCUT2D eigenvalue weighted by atomic mass is 10.2. The van der Waals surface area contributed by atoms with Crippen molar-refractivity contribution < 1.29 is 19.0 Å². The van der Waals surface area contributed by atoms with Gasteiger partial charge in [0.15, 0.2) is 6.17 Å². The second kappa shape index (κ2) is 7.95. The van der Waals surface area contributed by atoms with Crippen LogP contribution in [-0.4, -0.2) is 87.8 Å². The quantitative estimate of drug-likeness (QED) is 0.602. The van der Waals surface area contributed by atoms with Crippen molar-refractivity contribution in [2.45, 2.75) is 18.7 Å². The van der Waals surface area contributed by atoms with Crippen molar-refractivity contribution in [1.29, 1.82) is 0 Å². The number of aromatic amines is 1. The predicted octanol–water partition coefficient (Wildman–Crippen LogP) is 1.11. The van der Waals surface area contributed by atoms with Crippen LogP contribution in [-0.2, 0) is 16.5 Å². The van der Waals surface area contributed by atoms with Crippen molar-refractivity contribution in [3.05, 3.63) is 30.7 Å². The Morgan fingerprint density at radius 3 is 2.83 bits per heavy atom. The molecule has 2 saturated heterocycles. The van der Waals surface area contributed by atoms with Crippen molar-refractivity contribution in [2.24, 2.45) is 7.05 Å². The summed E-state index contributed by atoms with van der Waals surface area (Å²) in [4.78, 5) is 11.9. The molecule has 3 atom stereocenters. The largest absolute Gasteiger partial charge is 0.376 e. The molecule has 5 rings (SSSR count). The maximum Gasteiger partial charge on any atom is 0.216 e. The Morgan fingerprint density at radius 2 is 2.13 bits per heavy atom. The van der Waals surface area contributed by atoms with Crippen molar-refractivity contribution >= 4 is 16.7 Å². The van der Waals surface area contributed by atoms with Gasteiger partial charge in [-0.3, -0.25) is 9.58 Å². The SMILES string of the molecule is Cn1cc(-c2cc3c(N4CCN(C(O)O[C@H]5COC[C@@H]5F)CC4)ccnc3[nH]2)cn1. The number of piperazine rings is 1. The molecule has 0 spiro atoms. The van der Waals surface area contributed by atoms with E-state index >= 15 is 0 Å². The van der Waals surface area contributed by atoms with E-state index in [-0.39, 0.29) is 13.2 Å². The monoisotopic (exact) mass is 416 g/mol. The first-order valence-electron chi connectivity index (χ1n) is 10.1. The molecule has 1 unspecified atom stereocenters.